The van der Waals surface area contributed by atoms with Gasteiger partial charge in [-0.05, 0) is 30.0 Å². The molecule has 1 fully saturated rings. The minimum Gasteiger partial charge on any atom is -0.351 e. The van der Waals surface area contributed by atoms with Gasteiger partial charge < -0.3 is 9.88 Å². The van der Waals surface area contributed by atoms with Crippen LogP contribution in [-0.4, -0.2) is 28.9 Å². The maximum absolute atomic E-state index is 12.1. The predicted octanol–water partition coefficient (Wildman–Crippen LogP) is 3.38. The number of benzene rings is 1. The molecule has 3 rings (SSSR count). The topological polar surface area (TPSA) is 36.1 Å². The molecule has 18 heavy (non-hydrogen) atoms. The van der Waals surface area contributed by atoms with Crippen LogP contribution in [0.4, 0.5) is 0 Å². The van der Waals surface area contributed by atoms with Crippen LogP contribution in [0.1, 0.15) is 43.7 Å². The minimum absolute atomic E-state index is 0. The summed E-state index contributed by atoms with van der Waals surface area (Å²) in [5.41, 5.74) is 3.07. The molecule has 3 nitrogen and oxygen atoms in total. The number of nitrogens with zero attached hydrogens (tertiary/aromatic N) is 1. The molecule has 1 saturated heterocycles. The number of aromatic nitrogens is 1. The monoisotopic (exact) mass is 244 g/mol. The Hall–Kier alpha value is -1.77. The average Bonchev–Trinajstić information content (AvgIpc) is 2.68. The van der Waals surface area contributed by atoms with E-state index in [9.17, 15) is 4.79 Å². The number of likely N-dealkylation sites (tertiary alicyclic amines) is 1. The first-order valence-corrected chi connectivity index (χ1v) is 6.57. The highest BCUT2D eigenvalue weighted by Gasteiger charge is 2.22. The van der Waals surface area contributed by atoms with Gasteiger partial charge in [-0.25, -0.2) is 0 Å². The van der Waals surface area contributed by atoms with Crippen molar-refractivity contribution in [3.63, 3.8) is 0 Å². The Kier molecular flexibility index (Phi) is 2.62. The number of rotatable bonds is 2. The Balaban J connectivity index is 0.00000133. The maximum atomic E-state index is 12.1. The lowest BCUT2D eigenvalue weighted by molar-refractivity contribution is 0.0646. The van der Waals surface area contributed by atoms with Crippen LogP contribution >= 0.6 is 0 Å². The van der Waals surface area contributed by atoms with Crippen molar-refractivity contribution in [1.29, 1.82) is 0 Å². The SMILES string of the molecule is CC(C)c1ccc2cc(C(=O)N3CCC3)[nH]c2c1.[HH]. The van der Waals surface area contributed by atoms with E-state index < -0.39 is 0 Å². The molecule has 2 heterocycles. The smallest absolute Gasteiger partial charge is 0.270 e. The summed E-state index contributed by atoms with van der Waals surface area (Å²) in [5, 5.41) is 1.11. The molecule has 1 amide bonds. The quantitative estimate of drug-likeness (QED) is 0.863. The fraction of sp³-hybridized carbons (Fsp3) is 0.400. The van der Waals surface area contributed by atoms with Gasteiger partial charge in [0, 0.05) is 25.4 Å². The lowest BCUT2D eigenvalue weighted by Crippen LogP contribution is -2.42. The van der Waals surface area contributed by atoms with Gasteiger partial charge >= 0.3 is 0 Å². The molecule has 0 aliphatic carbocycles. The second-order valence-electron chi connectivity index (χ2n) is 5.33. The van der Waals surface area contributed by atoms with Crippen LogP contribution in [0.5, 0.6) is 0 Å². The van der Waals surface area contributed by atoms with Gasteiger partial charge in [0.05, 0.1) is 0 Å². The Bertz CT molecular complexity index is 599. The molecule has 2 aromatic rings. The molecular formula is C15H20N2O. The van der Waals surface area contributed by atoms with E-state index >= 15 is 0 Å². The molecule has 96 valence electrons. The number of carbonyl (C=O) groups excluding carboxylic acids is 1. The first kappa shape index (κ1) is 11.3. The molecule has 0 unspecified atom stereocenters. The fourth-order valence-electron chi connectivity index (χ4n) is 2.31. The molecule has 1 aromatic carbocycles. The Morgan fingerprint density at radius 2 is 2.11 bits per heavy atom. The van der Waals surface area contributed by atoms with E-state index in [2.05, 4.69) is 37.0 Å². The molecule has 0 spiro atoms. The van der Waals surface area contributed by atoms with Gasteiger partial charge in [0.1, 0.15) is 5.69 Å². The van der Waals surface area contributed by atoms with E-state index in [4.69, 9.17) is 0 Å². The predicted molar refractivity (Wildman–Crippen MR) is 75.0 cm³/mol. The molecule has 1 N–H and O–H groups in total. The van der Waals surface area contributed by atoms with Crippen molar-refractivity contribution in [2.24, 2.45) is 0 Å². The van der Waals surface area contributed by atoms with Crippen molar-refractivity contribution < 1.29 is 6.22 Å². The summed E-state index contributed by atoms with van der Waals surface area (Å²) in [6.45, 7) is 6.14. The molecule has 0 saturated carbocycles. The largest absolute Gasteiger partial charge is 0.351 e. The summed E-state index contributed by atoms with van der Waals surface area (Å²) in [6, 6.07) is 8.33. The summed E-state index contributed by atoms with van der Waals surface area (Å²) < 4.78 is 0. The third kappa shape index (κ3) is 1.80. The summed E-state index contributed by atoms with van der Waals surface area (Å²) in [4.78, 5) is 17.2. The number of nitrogens with one attached hydrogen (secondary N) is 1. The van der Waals surface area contributed by atoms with Gasteiger partial charge in [-0.3, -0.25) is 4.79 Å². The molecule has 0 atom stereocenters. The zero-order valence-corrected chi connectivity index (χ0v) is 10.9. The van der Waals surface area contributed by atoms with Crippen LogP contribution in [0.3, 0.4) is 0 Å². The maximum Gasteiger partial charge on any atom is 0.270 e. The third-order valence-corrected chi connectivity index (χ3v) is 3.69. The lowest BCUT2D eigenvalue weighted by Gasteiger charge is -2.30. The van der Waals surface area contributed by atoms with Crippen molar-refractivity contribution in [1.82, 2.24) is 9.88 Å². The second-order valence-corrected chi connectivity index (χ2v) is 5.33. The molecule has 1 aromatic heterocycles. The Morgan fingerprint density at radius 1 is 1.33 bits per heavy atom. The van der Waals surface area contributed by atoms with E-state index in [0.29, 0.717) is 11.6 Å². The number of H-pyrrole nitrogens is 1. The van der Waals surface area contributed by atoms with E-state index in [1.165, 1.54) is 5.56 Å². The van der Waals surface area contributed by atoms with Crippen LogP contribution in [0.15, 0.2) is 24.3 Å². The standard InChI is InChI=1S/C15H18N2O.H2/c1-10(2)11-4-5-12-9-14(16-13(12)8-11)15(18)17-6-3-7-17;/h4-5,8-10,16H,3,6-7H2,1-2H3;1H. The number of aromatic amines is 1. The average molecular weight is 244 g/mol. The van der Waals surface area contributed by atoms with Crippen molar-refractivity contribution in [3.05, 3.63) is 35.5 Å². The lowest BCUT2D eigenvalue weighted by atomic mass is 10.0. The summed E-state index contributed by atoms with van der Waals surface area (Å²) in [7, 11) is 0. The molecular weight excluding hydrogens is 224 g/mol. The van der Waals surface area contributed by atoms with Crippen LogP contribution < -0.4 is 0 Å². The van der Waals surface area contributed by atoms with Gasteiger partial charge in [0.2, 0.25) is 0 Å². The molecule has 1 aliphatic heterocycles. The highest BCUT2D eigenvalue weighted by molar-refractivity contribution is 5.98. The van der Waals surface area contributed by atoms with Crippen molar-refractivity contribution >= 4 is 16.8 Å². The number of amides is 1. The summed E-state index contributed by atoms with van der Waals surface area (Å²) >= 11 is 0. The van der Waals surface area contributed by atoms with Gasteiger partial charge in [-0.1, -0.05) is 26.0 Å². The molecule has 0 bridgehead atoms. The Labute approximate surface area is 108 Å². The number of hydrogen-bond donors (Lipinski definition) is 1. The highest BCUT2D eigenvalue weighted by Crippen LogP contribution is 2.23. The zero-order chi connectivity index (χ0) is 12.7. The van der Waals surface area contributed by atoms with Crippen molar-refractivity contribution in [2.45, 2.75) is 26.2 Å². The van der Waals surface area contributed by atoms with Crippen LogP contribution in [0.2, 0.25) is 0 Å². The number of carbonyl (C=O) groups is 1. The van der Waals surface area contributed by atoms with Crippen molar-refractivity contribution in [2.75, 3.05) is 13.1 Å². The first-order valence-electron chi connectivity index (χ1n) is 6.57. The zero-order valence-electron chi connectivity index (χ0n) is 10.9. The normalized spacial score (nSPS) is 15.2. The molecule has 3 heteroatoms. The summed E-state index contributed by atoms with van der Waals surface area (Å²) in [5.74, 6) is 0.635. The first-order chi connectivity index (χ1) is 8.65. The van der Waals surface area contributed by atoms with Gasteiger partial charge in [0.25, 0.3) is 5.91 Å². The van der Waals surface area contributed by atoms with Crippen LogP contribution in [-0.2, 0) is 0 Å². The van der Waals surface area contributed by atoms with Gasteiger partial charge in [-0.15, -0.1) is 0 Å². The number of fused-ring (bicyclic) bond motifs is 1. The molecule has 0 radical (unpaired) electrons. The van der Waals surface area contributed by atoms with Crippen LogP contribution in [0, 0.1) is 0 Å². The second kappa shape index (κ2) is 4.16. The van der Waals surface area contributed by atoms with E-state index in [1.807, 2.05) is 11.0 Å². The summed E-state index contributed by atoms with van der Waals surface area (Å²) in [6.07, 6.45) is 1.13. The Morgan fingerprint density at radius 3 is 2.72 bits per heavy atom. The van der Waals surface area contributed by atoms with E-state index in [0.717, 1.165) is 30.4 Å². The fourth-order valence-corrected chi connectivity index (χ4v) is 2.31. The number of hydrogen-bond acceptors (Lipinski definition) is 1. The van der Waals surface area contributed by atoms with Crippen LogP contribution in [0.25, 0.3) is 10.9 Å². The highest BCUT2D eigenvalue weighted by atomic mass is 16.2. The third-order valence-electron chi connectivity index (χ3n) is 3.69. The van der Waals surface area contributed by atoms with E-state index in [-0.39, 0.29) is 7.33 Å². The van der Waals surface area contributed by atoms with Gasteiger partial charge in [0.15, 0.2) is 0 Å². The minimum atomic E-state index is 0. The van der Waals surface area contributed by atoms with Gasteiger partial charge in [-0.2, -0.15) is 0 Å². The molecule has 1 aliphatic rings. The van der Waals surface area contributed by atoms with Crippen molar-refractivity contribution in [3.8, 4) is 0 Å². The van der Waals surface area contributed by atoms with E-state index in [1.54, 1.807) is 0 Å².